The number of aromatic amines is 1. The van der Waals surface area contributed by atoms with Crippen molar-refractivity contribution in [2.75, 3.05) is 0 Å². The van der Waals surface area contributed by atoms with Crippen molar-refractivity contribution in [3.63, 3.8) is 0 Å². The molecule has 3 nitrogen and oxygen atoms in total. The van der Waals surface area contributed by atoms with E-state index in [-0.39, 0.29) is 0 Å². The van der Waals surface area contributed by atoms with Crippen molar-refractivity contribution < 1.29 is 0 Å². The Morgan fingerprint density at radius 1 is 0.966 bits per heavy atom. The third kappa shape index (κ3) is 5.79. The highest BCUT2D eigenvalue weighted by molar-refractivity contribution is 5.57. The molecule has 1 heterocycles. The molecular weight excluding hydrogens is 354 g/mol. The van der Waals surface area contributed by atoms with E-state index in [1.165, 1.54) is 29.2 Å². The highest BCUT2D eigenvalue weighted by atomic mass is 15.1. The van der Waals surface area contributed by atoms with Crippen LogP contribution in [0.2, 0.25) is 0 Å². The van der Waals surface area contributed by atoms with Crippen LogP contribution in [-0.4, -0.2) is 4.98 Å². The van der Waals surface area contributed by atoms with Gasteiger partial charge in [-0.15, -0.1) is 5.11 Å². The zero-order valence-electron chi connectivity index (χ0n) is 18.6. The van der Waals surface area contributed by atoms with Gasteiger partial charge in [0.2, 0.25) is 0 Å². The van der Waals surface area contributed by atoms with Crippen LogP contribution in [-0.2, 0) is 6.42 Å². The fourth-order valence-electron chi connectivity index (χ4n) is 3.98. The van der Waals surface area contributed by atoms with Crippen LogP contribution in [0.4, 0.5) is 11.4 Å². The molecule has 3 heteroatoms. The number of hydrogen-bond donors (Lipinski definition) is 1. The number of nitrogens with zero attached hydrogens (tertiary/aromatic N) is 2. The molecule has 1 aromatic heterocycles. The van der Waals surface area contributed by atoms with Crippen molar-refractivity contribution in [2.24, 2.45) is 22.1 Å². The predicted octanol–water partition coefficient (Wildman–Crippen LogP) is 6.74. The number of rotatable bonds is 8. The van der Waals surface area contributed by atoms with Gasteiger partial charge in [0.1, 0.15) is 5.69 Å². The average Bonchev–Trinajstić information content (AvgIpc) is 2.96. The second-order valence-electron chi connectivity index (χ2n) is 9.00. The highest BCUT2D eigenvalue weighted by Gasteiger charge is 2.10. The van der Waals surface area contributed by atoms with Crippen LogP contribution in [0, 0.1) is 11.8 Å². The van der Waals surface area contributed by atoms with Gasteiger partial charge in [-0.05, 0) is 66.9 Å². The quantitative estimate of drug-likeness (QED) is 0.486. The molecule has 29 heavy (non-hydrogen) atoms. The predicted molar refractivity (Wildman–Crippen MR) is 124 cm³/mol. The molecule has 2 aromatic rings. The molecule has 1 aliphatic carbocycles. The molecule has 3 rings (SSSR count). The third-order valence-corrected chi connectivity index (χ3v) is 5.29. The normalized spacial score (nSPS) is 14.3. The Balaban J connectivity index is 1.85. The SMILES string of the molecule is CCCC1=C(CC(C)C)C=c2[nH]cc(N=Nc3ccc(CC(C)C)cc3)c2=CC1. The van der Waals surface area contributed by atoms with Gasteiger partial charge in [0.05, 0.1) is 5.69 Å². The van der Waals surface area contributed by atoms with Crippen molar-refractivity contribution >= 4 is 23.5 Å². The molecule has 0 aliphatic heterocycles. The minimum absolute atomic E-state index is 0.655. The van der Waals surface area contributed by atoms with E-state index in [9.17, 15) is 0 Å². The molecule has 0 saturated carbocycles. The second-order valence-corrected chi connectivity index (χ2v) is 9.00. The molecule has 0 unspecified atom stereocenters. The van der Waals surface area contributed by atoms with Gasteiger partial charge in [-0.2, -0.15) is 5.11 Å². The van der Waals surface area contributed by atoms with E-state index in [0.717, 1.165) is 36.0 Å². The Hall–Kier alpha value is -2.42. The summed E-state index contributed by atoms with van der Waals surface area (Å²) in [7, 11) is 0. The van der Waals surface area contributed by atoms with Crippen LogP contribution in [0.3, 0.4) is 0 Å². The monoisotopic (exact) mass is 389 g/mol. The van der Waals surface area contributed by atoms with Crippen molar-refractivity contribution in [2.45, 2.75) is 66.7 Å². The Bertz CT molecular complexity index is 986. The molecule has 0 bridgehead atoms. The van der Waals surface area contributed by atoms with E-state index >= 15 is 0 Å². The minimum atomic E-state index is 0.655. The maximum Gasteiger partial charge on any atom is 0.111 e. The van der Waals surface area contributed by atoms with Crippen LogP contribution >= 0.6 is 0 Å². The summed E-state index contributed by atoms with van der Waals surface area (Å²) in [5, 5.41) is 11.4. The van der Waals surface area contributed by atoms with Crippen LogP contribution < -0.4 is 10.6 Å². The number of fused-ring (bicyclic) bond motifs is 1. The van der Waals surface area contributed by atoms with E-state index in [1.54, 1.807) is 5.57 Å². The maximum absolute atomic E-state index is 4.56. The smallest absolute Gasteiger partial charge is 0.111 e. The summed E-state index contributed by atoms with van der Waals surface area (Å²) in [6, 6.07) is 8.43. The van der Waals surface area contributed by atoms with Gasteiger partial charge < -0.3 is 4.98 Å². The van der Waals surface area contributed by atoms with Gasteiger partial charge in [-0.3, -0.25) is 0 Å². The van der Waals surface area contributed by atoms with E-state index in [0.29, 0.717) is 11.8 Å². The summed E-state index contributed by atoms with van der Waals surface area (Å²) in [5.74, 6) is 1.32. The van der Waals surface area contributed by atoms with Crippen molar-refractivity contribution in [3.8, 4) is 0 Å². The summed E-state index contributed by atoms with van der Waals surface area (Å²) in [6.07, 6.45) is 12.2. The standard InChI is InChI=1S/C26H35N3/c1-6-7-21-10-13-24-25(16-22(21)15-19(4)5)27-17-26(24)29-28-23-11-8-20(9-12-23)14-18(2)3/h8-9,11-13,16-19,27H,6-7,10,14-15H2,1-5H3. The number of azo groups is 1. The Labute approximate surface area is 175 Å². The lowest BCUT2D eigenvalue weighted by Crippen LogP contribution is -2.22. The van der Waals surface area contributed by atoms with E-state index in [4.69, 9.17) is 0 Å². The number of H-pyrrole nitrogens is 1. The van der Waals surface area contributed by atoms with E-state index < -0.39 is 0 Å². The van der Waals surface area contributed by atoms with Crippen molar-refractivity contribution in [3.05, 3.63) is 57.7 Å². The molecule has 1 aromatic carbocycles. The van der Waals surface area contributed by atoms with E-state index in [1.807, 2.05) is 6.20 Å². The van der Waals surface area contributed by atoms with Gasteiger partial charge in [0.15, 0.2) is 0 Å². The average molecular weight is 390 g/mol. The number of hydrogen-bond acceptors (Lipinski definition) is 2. The Morgan fingerprint density at radius 3 is 2.34 bits per heavy atom. The van der Waals surface area contributed by atoms with Crippen LogP contribution in [0.5, 0.6) is 0 Å². The van der Waals surface area contributed by atoms with Gasteiger partial charge in [-0.1, -0.05) is 64.8 Å². The summed E-state index contributed by atoms with van der Waals surface area (Å²) < 4.78 is 0. The fraction of sp³-hybridized carbons (Fsp3) is 0.462. The molecule has 154 valence electrons. The Morgan fingerprint density at radius 2 is 1.69 bits per heavy atom. The van der Waals surface area contributed by atoms with Gasteiger partial charge in [0, 0.05) is 16.8 Å². The highest BCUT2D eigenvalue weighted by Crippen LogP contribution is 2.25. The molecule has 1 N–H and O–H groups in total. The van der Waals surface area contributed by atoms with Crippen molar-refractivity contribution in [1.29, 1.82) is 0 Å². The van der Waals surface area contributed by atoms with Gasteiger partial charge in [-0.25, -0.2) is 0 Å². The molecule has 0 spiro atoms. The lowest BCUT2D eigenvalue weighted by Gasteiger charge is -2.12. The summed E-state index contributed by atoms with van der Waals surface area (Å²) in [4.78, 5) is 3.42. The largest absolute Gasteiger partial charge is 0.359 e. The zero-order chi connectivity index (χ0) is 20.8. The van der Waals surface area contributed by atoms with Gasteiger partial charge in [0.25, 0.3) is 0 Å². The number of nitrogens with one attached hydrogen (secondary N) is 1. The summed E-state index contributed by atoms with van der Waals surface area (Å²) >= 11 is 0. The first kappa shape index (κ1) is 21.3. The first-order chi connectivity index (χ1) is 14.0. The number of allylic oxidation sites excluding steroid dienone is 2. The molecular formula is C26H35N3. The second kappa shape index (κ2) is 9.87. The molecule has 0 atom stereocenters. The summed E-state index contributed by atoms with van der Waals surface area (Å²) in [6.45, 7) is 11.3. The minimum Gasteiger partial charge on any atom is -0.359 e. The van der Waals surface area contributed by atoms with Crippen LogP contribution in [0.1, 0.15) is 65.9 Å². The molecule has 0 amide bonds. The number of benzene rings is 1. The van der Waals surface area contributed by atoms with E-state index in [2.05, 4.69) is 86.2 Å². The fourth-order valence-corrected chi connectivity index (χ4v) is 3.98. The van der Waals surface area contributed by atoms with Gasteiger partial charge >= 0.3 is 0 Å². The zero-order valence-corrected chi connectivity index (χ0v) is 18.6. The first-order valence-electron chi connectivity index (χ1n) is 11.1. The number of aromatic nitrogens is 1. The maximum atomic E-state index is 4.56. The van der Waals surface area contributed by atoms with Crippen molar-refractivity contribution in [1.82, 2.24) is 4.98 Å². The topological polar surface area (TPSA) is 40.5 Å². The lowest BCUT2D eigenvalue weighted by atomic mass is 9.94. The summed E-state index contributed by atoms with van der Waals surface area (Å²) in [5.41, 5.74) is 6.22. The molecule has 0 saturated heterocycles. The lowest BCUT2D eigenvalue weighted by molar-refractivity contribution is 0.646. The van der Waals surface area contributed by atoms with Crippen LogP contribution in [0.25, 0.3) is 12.2 Å². The molecule has 0 fully saturated rings. The first-order valence-corrected chi connectivity index (χ1v) is 11.1. The third-order valence-electron chi connectivity index (χ3n) is 5.29. The molecule has 0 radical (unpaired) electrons. The molecule has 1 aliphatic rings. The van der Waals surface area contributed by atoms with Crippen LogP contribution in [0.15, 0.2) is 51.8 Å². The Kier molecular flexibility index (Phi) is 7.24.